The van der Waals surface area contributed by atoms with E-state index in [1.807, 2.05) is 0 Å². The zero-order valence-electron chi connectivity index (χ0n) is 15.3. The van der Waals surface area contributed by atoms with Gasteiger partial charge in [-0.25, -0.2) is 6.07 Å². The summed E-state index contributed by atoms with van der Waals surface area (Å²) in [7, 11) is -0.267. The molecular weight excluding hydrogens is 411 g/mol. The van der Waals surface area contributed by atoms with Crippen LogP contribution in [0.2, 0.25) is 5.04 Å². The minimum Gasteiger partial charge on any atom is -1.00 e. The quantitative estimate of drug-likeness (QED) is 0.238. The molecule has 2 rings (SSSR count). The Morgan fingerprint density at radius 1 is 1.08 bits per heavy atom. The molecule has 0 heterocycles. The van der Waals surface area contributed by atoms with Gasteiger partial charge >= 0.3 is 21.7 Å². The van der Waals surface area contributed by atoms with Gasteiger partial charge in [0.25, 0.3) is 0 Å². The molecule has 0 N–H and O–H groups in total. The number of aryl methyl sites for hydroxylation is 2. The number of hydrogen-bond donors (Lipinski definition) is 0. The summed E-state index contributed by atoms with van der Waals surface area (Å²) in [6.07, 6.45) is 16.2. The van der Waals surface area contributed by atoms with Crippen LogP contribution in [0.25, 0.3) is 0 Å². The maximum atomic E-state index is 2.54. The van der Waals surface area contributed by atoms with E-state index in [1.165, 1.54) is 37.7 Å². The zero-order valence-corrected chi connectivity index (χ0v) is 20.5. The molecule has 0 saturated heterocycles. The first-order chi connectivity index (χ1) is 9.58. The molecule has 0 bridgehead atoms. The van der Waals surface area contributed by atoms with Gasteiger partial charge in [-0.15, -0.1) is 0 Å². The number of unbranched alkanes of at least 4 members (excludes halogenated alkanes) is 2. The second-order valence-corrected chi connectivity index (χ2v) is 9.07. The van der Waals surface area contributed by atoms with Crippen molar-refractivity contribution in [2.24, 2.45) is 0 Å². The Labute approximate surface area is 184 Å². The summed E-state index contributed by atoms with van der Waals surface area (Å²) in [5.41, 5.74) is 4.61. The largest absolute Gasteiger partial charge is 4.00 e. The molecule has 5 heteroatoms. The Morgan fingerprint density at radius 3 is 2.21 bits per heavy atom. The second-order valence-electron chi connectivity index (χ2n) is 6.60. The van der Waals surface area contributed by atoms with Crippen LogP contribution >= 0.6 is 0 Å². The standard InChI is InChI=1S/C19H29Si.3ClH.Ti/c1-5-6-8-11-19(12-9-7-10-13-19)20-18-16(3)14-15(2)17(18)4;;;;/h7,9-10,12,14H,5-6,8,11,13,20H2,1-4H3;3*1H;/q-1;;;;+4/p-3. The number of halogens is 3. The fourth-order valence-corrected chi connectivity index (χ4v) is 6.14. The molecule has 0 aromatic heterocycles. The predicted octanol–water partition coefficient (Wildman–Crippen LogP) is -4.61. The first-order valence-corrected chi connectivity index (χ1v) is 9.56. The normalized spacial score (nSPS) is 18.5. The number of allylic oxidation sites excluding steroid dienone is 4. The van der Waals surface area contributed by atoms with Crippen LogP contribution in [0.1, 0.15) is 55.7 Å². The molecular formula is C19H29Cl3SiTi. The molecule has 24 heavy (non-hydrogen) atoms. The molecule has 0 radical (unpaired) electrons. The average molecular weight is 440 g/mol. The van der Waals surface area contributed by atoms with Crippen molar-refractivity contribution in [2.45, 2.75) is 64.8 Å². The van der Waals surface area contributed by atoms with Gasteiger partial charge in [-0.1, -0.05) is 71.3 Å². The van der Waals surface area contributed by atoms with Crippen molar-refractivity contribution in [3.05, 3.63) is 47.1 Å². The molecule has 0 spiro atoms. The molecule has 134 valence electrons. The van der Waals surface area contributed by atoms with Gasteiger partial charge in [0.1, 0.15) is 0 Å². The van der Waals surface area contributed by atoms with Crippen molar-refractivity contribution < 1.29 is 58.9 Å². The third-order valence-electron chi connectivity index (χ3n) is 4.98. The Kier molecular flexibility index (Phi) is 16.9. The number of rotatable bonds is 6. The van der Waals surface area contributed by atoms with Gasteiger partial charge in [0.15, 0.2) is 0 Å². The minimum absolute atomic E-state index is 0. The smallest absolute Gasteiger partial charge is 1.00 e. The van der Waals surface area contributed by atoms with Crippen LogP contribution < -0.4 is 42.4 Å². The fraction of sp³-hybridized carbons (Fsp3) is 0.526. The van der Waals surface area contributed by atoms with E-state index in [9.17, 15) is 0 Å². The Balaban J connectivity index is -0.00000110. The molecule has 1 aliphatic rings. The molecule has 1 aromatic carbocycles. The van der Waals surface area contributed by atoms with Gasteiger partial charge in [0, 0.05) is 9.52 Å². The summed E-state index contributed by atoms with van der Waals surface area (Å²) >= 11 is 0. The van der Waals surface area contributed by atoms with E-state index in [0.29, 0.717) is 5.04 Å². The monoisotopic (exact) mass is 438 g/mol. The van der Waals surface area contributed by atoms with Gasteiger partial charge in [-0.3, -0.25) is 0 Å². The topological polar surface area (TPSA) is 0 Å². The van der Waals surface area contributed by atoms with E-state index in [4.69, 9.17) is 0 Å². The fourth-order valence-electron chi connectivity index (χ4n) is 3.52. The molecule has 0 nitrogen and oxygen atoms in total. The van der Waals surface area contributed by atoms with Gasteiger partial charge < -0.3 is 37.2 Å². The van der Waals surface area contributed by atoms with Crippen LogP contribution in [0.5, 0.6) is 0 Å². The molecule has 1 aromatic rings. The van der Waals surface area contributed by atoms with Crippen LogP contribution in [0.4, 0.5) is 0 Å². The molecule has 1 aliphatic carbocycles. The zero-order chi connectivity index (χ0) is 14.6. The van der Waals surface area contributed by atoms with Crippen LogP contribution in [0.3, 0.4) is 0 Å². The molecule has 1 atom stereocenters. The Bertz CT molecular complexity index is 523. The Hall–Kier alpha value is 0.631. The second kappa shape index (κ2) is 13.8. The summed E-state index contributed by atoms with van der Waals surface area (Å²) in [4.78, 5) is 0. The maximum Gasteiger partial charge on any atom is 4.00 e. The maximum absolute atomic E-state index is 2.54. The third-order valence-corrected chi connectivity index (χ3v) is 8.01. The first kappa shape index (κ1) is 29.4. The van der Waals surface area contributed by atoms with Crippen LogP contribution in [-0.2, 0) is 21.7 Å². The van der Waals surface area contributed by atoms with Crippen molar-refractivity contribution in [3.8, 4) is 0 Å². The predicted molar refractivity (Wildman–Crippen MR) is 94.2 cm³/mol. The van der Waals surface area contributed by atoms with Crippen molar-refractivity contribution in [2.75, 3.05) is 0 Å². The summed E-state index contributed by atoms with van der Waals surface area (Å²) in [5.74, 6) is 0. The number of hydrogen-bond acceptors (Lipinski definition) is 0. The van der Waals surface area contributed by atoms with Crippen molar-refractivity contribution in [1.82, 2.24) is 0 Å². The summed E-state index contributed by atoms with van der Waals surface area (Å²) in [6.45, 7) is 9.20. The molecule has 0 saturated carbocycles. The van der Waals surface area contributed by atoms with Gasteiger partial charge in [0.05, 0.1) is 0 Å². The van der Waals surface area contributed by atoms with E-state index in [1.54, 1.807) is 16.3 Å². The molecule has 0 amide bonds. The van der Waals surface area contributed by atoms with E-state index in [-0.39, 0.29) is 68.5 Å². The van der Waals surface area contributed by atoms with Gasteiger partial charge in [-0.05, 0) is 17.9 Å². The molecule has 0 aliphatic heterocycles. The molecule has 0 fully saturated rings. The van der Waals surface area contributed by atoms with Crippen molar-refractivity contribution in [3.63, 3.8) is 0 Å². The third kappa shape index (κ3) is 7.48. The molecule has 1 unspecified atom stereocenters. The summed E-state index contributed by atoms with van der Waals surface area (Å²) in [5, 5.41) is 2.24. The van der Waals surface area contributed by atoms with Crippen LogP contribution in [0, 0.1) is 20.8 Å². The summed E-state index contributed by atoms with van der Waals surface area (Å²) in [6, 6.07) is 2.39. The first-order valence-electron chi connectivity index (χ1n) is 8.15. The van der Waals surface area contributed by atoms with E-state index >= 15 is 0 Å². The van der Waals surface area contributed by atoms with E-state index < -0.39 is 0 Å². The van der Waals surface area contributed by atoms with Crippen molar-refractivity contribution >= 4 is 14.7 Å². The minimum atomic E-state index is -0.267. The van der Waals surface area contributed by atoms with Crippen LogP contribution in [-0.4, -0.2) is 9.52 Å². The average Bonchev–Trinajstić information content (AvgIpc) is 2.67. The Morgan fingerprint density at radius 2 is 1.75 bits per heavy atom. The SMILES string of the molecule is CCCCCC1([SiH2][c-]2c(C)cc(C)c2C)C=CC=CC1.[Cl-].[Cl-].[Cl-].[Ti+4]. The summed E-state index contributed by atoms with van der Waals surface area (Å²) < 4.78 is 0. The van der Waals surface area contributed by atoms with E-state index in [0.717, 1.165) is 0 Å². The van der Waals surface area contributed by atoms with E-state index in [2.05, 4.69) is 58.1 Å². The van der Waals surface area contributed by atoms with Crippen molar-refractivity contribution in [1.29, 1.82) is 0 Å². The van der Waals surface area contributed by atoms with Gasteiger partial charge in [0.2, 0.25) is 0 Å². The van der Waals surface area contributed by atoms with Crippen LogP contribution in [0.15, 0.2) is 30.4 Å². The van der Waals surface area contributed by atoms with Gasteiger partial charge in [-0.2, -0.15) is 21.9 Å².